The van der Waals surface area contributed by atoms with E-state index in [1.807, 2.05) is 55.0 Å². The zero-order valence-corrected chi connectivity index (χ0v) is 12.3. The van der Waals surface area contributed by atoms with E-state index in [9.17, 15) is 0 Å². The van der Waals surface area contributed by atoms with E-state index >= 15 is 0 Å². The van der Waals surface area contributed by atoms with E-state index in [1.54, 1.807) is 16.9 Å². The van der Waals surface area contributed by atoms with E-state index in [-0.39, 0.29) is 0 Å². The molecule has 0 radical (unpaired) electrons. The van der Waals surface area contributed by atoms with Crippen LogP contribution >= 0.6 is 11.6 Å². The maximum absolute atomic E-state index is 6.06. The van der Waals surface area contributed by atoms with Crippen molar-refractivity contribution in [3.8, 4) is 22.3 Å². The molecule has 0 saturated heterocycles. The minimum Gasteiger partial charge on any atom is -0.265 e. The predicted molar refractivity (Wildman–Crippen MR) is 86.7 cm³/mol. The summed E-state index contributed by atoms with van der Waals surface area (Å²) >= 11 is 6.06. The third-order valence-corrected chi connectivity index (χ3v) is 3.74. The lowest BCUT2D eigenvalue weighted by Gasteiger charge is -2.03. The zero-order chi connectivity index (χ0) is 14.9. The number of fused-ring (bicyclic) bond motifs is 1. The average Bonchev–Trinajstić information content (AvgIpc) is 2.99. The molecule has 0 aliphatic carbocycles. The second-order valence-corrected chi connectivity index (χ2v) is 5.35. The van der Waals surface area contributed by atoms with Gasteiger partial charge in [-0.2, -0.15) is 5.10 Å². The van der Waals surface area contributed by atoms with Gasteiger partial charge in [-0.1, -0.05) is 23.7 Å². The Labute approximate surface area is 132 Å². The summed E-state index contributed by atoms with van der Waals surface area (Å²) in [7, 11) is 0. The lowest BCUT2D eigenvalue weighted by atomic mass is 10.1. The smallest absolute Gasteiger partial charge is 0.162 e. The SMILES string of the molecule is Clc1cccc(-c2cnn3cc(-c4ccncc4)cnc23)c1. The molecule has 3 aromatic heterocycles. The number of halogens is 1. The van der Waals surface area contributed by atoms with Crippen LogP contribution in [0.1, 0.15) is 0 Å². The molecule has 0 N–H and O–H groups in total. The molecular weight excluding hydrogens is 296 g/mol. The molecule has 4 nitrogen and oxygen atoms in total. The van der Waals surface area contributed by atoms with E-state index in [0.29, 0.717) is 5.02 Å². The summed E-state index contributed by atoms with van der Waals surface area (Å²) in [6.07, 6.45) is 9.15. The van der Waals surface area contributed by atoms with Gasteiger partial charge in [-0.05, 0) is 35.4 Å². The van der Waals surface area contributed by atoms with Gasteiger partial charge in [0.2, 0.25) is 0 Å². The highest BCUT2D eigenvalue weighted by Gasteiger charge is 2.09. The van der Waals surface area contributed by atoms with Crippen LogP contribution in [0, 0.1) is 0 Å². The van der Waals surface area contributed by atoms with Gasteiger partial charge in [0.1, 0.15) is 0 Å². The molecule has 3 heterocycles. The molecule has 1 aromatic carbocycles. The summed E-state index contributed by atoms with van der Waals surface area (Å²) in [5.41, 5.74) is 4.83. The van der Waals surface area contributed by atoms with E-state index in [2.05, 4.69) is 15.1 Å². The van der Waals surface area contributed by atoms with Gasteiger partial charge in [-0.25, -0.2) is 9.50 Å². The molecule has 4 rings (SSSR count). The van der Waals surface area contributed by atoms with Crippen molar-refractivity contribution < 1.29 is 0 Å². The summed E-state index contributed by atoms with van der Waals surface area (Å²) in [4.78, 5) is 8.59. The maximum Gasteiger partial charge on any atom is 0.162 e. The molecule has 4 aromatic rings. The van der Waals surface area contributed by atoms with Gasteiger partial charge < -0.3 is 0 Å². The fraction of sp³-hybridized carbons (Fsp3) is 0. The second kappa shape index (κ2) is 5.24. The van der Waals surface area contributed by atoms with Crippen molar-refractivity contribution in [3.05, 3.63) is 72.4 Å². The Bertz CT molecular complexity index is 947. The summed E-state index contributed by atoms with van der Waals surface area (Å²) in [6.45, 7) is 0. The van der Waals surface area contributed by atoms with E-state index < -0.39 is 0 Å². The normalized spacial score (nSPS) is 11.0. The summed E-state index contributed by atoms with van der Waals surface area (Å²) in [5, 5.41) is 5.11. The van der Waals surface area contributed by atoms with E-state index in [0.717, 1.165) is 27.9 Å². The highest BCUT2D eigenvalue weighted by Crippen LogP contribution is 2.27. The molecule has 0 saturated carbocycles. The topological polar surface area (TPSA) is 43.1 Å². The fourth-order valence-corrected chi connectivity index (χ4v) is 2.62. The van der Waals surface area contributed by atoms with Crippen LogP contribution in [0.25, 0.3) is 27.9 Å². The van der Waals surface area contributed by atoms with Gasteiger partial charge in [0.15, 0.2) is 5.65 Å². The van der Waals surface area contributed by atoms with Crippen LogP contribution in [0.15, 0.2) is 67.4 Å². The van der Waals surface area contributed by atoms with Crippen molar-refractivity contribution in [1.29, 1.82) is 0 Å². The van der Waals surface area contributed by atoms with Crippen molar-refractivity contribution in [1.82, 2.24) is 19.6 Å². The first kappa shape index (κ1) is 13.0. The number of pyridine rings is 1. The number of rotatable bonds is 2. The Balaban J connectivity index is 1.84. The second-order valence-electron chi connectivity index (χ2n) is 4.92. The first-order valence-corrected chi connectivity index (χ1v) is 7.19. The van der Waals surface area contributed by atoms with Gasteiger partial charge in [0.25, 0.3) is 0 Å². The summed E-state index contributed by atoms with van der Waals surface area (Å²) in [6, 6.07) is 11.6. The van der Waals surface area contributed by atoms with Crippen LogP contribution < -0.4 is 0 Å². The molecule has 0 unspecified atom stereocenters. The summed E-state index contributed by atoms with van der Waals surface area (Å²) in [5.74, 6) is 0. The number of hydrogen-bond donors (Lipinski definition) is 0. The van der Waals surface area contributed by atoms with Crippen molar-refractivity contribution in [3.63, 3.8) is 0 Å². The Morgan fingerprint density at radius 3 is 2.59 bits per heavy atom. The van der Waals surface area contributed by atoms with E-state index in [1.165, 1.54) is 0 Å². The minimum absolute atomic E-state index is 0.699. The lowest BCUT2D eigenvalue weighted by molar-refractivity contribution is 0.941. The average molecular weight is 307 g/mol. The van der Waals surface area contributed by atoms with Gasteiger partial charge in [0, 0.05) is 40.9 Å². The van der Waals surface area contributed by atoms with Crippen LogP contribution in [0.3, 0.4) is 0 Å². The zero-order valence-electron chi connectivity index (χ0n) is 11.5. The Morgan fingerprint density at radius 2 is 1.77 bits per heavy atom. The van der Waals surface area contributed by atoms with Gasteiger partial charge >= 0.3 is 0 Å². The van der Waals surface area contributed by atoms with Crippen molar-refractivity contribution in [2.75, 3.05) is 0 Å². The molecule has 0 atom stereocenters. The van der Waals surface area contributed by atoms with Gasteiger partial charge in [-0.3, -0.25) is 4.98 Å². The Kier molecular flexibility index (Phi) is 3.09. The molecular formula is C17H11ClN4. The first-order chi connectivity index (χ1) is 10.8. The summed E-state index contributed by atoms with van der Waals surface area (Å²) < 4.78 is 1.78. The molecule has 0 spiro atoms. The third-order valence-electron chi connectivity index (χ3n) is 3.51. The first-order valence-electron chi connectivity index (χ1n) is 6.81. The third kappa shape index (κ3) is 2.23. The number of nitrogens with zero attached hydrogens (tertiary/aromatic N) is 4. The Hall–Kier alpha value is -2.72. The molecule has 0 aliphatic rings. The molecule has 0 bridgehead atoms. The van der Waals surface area contributed by atoms with Crippen LogP contribution in [0.2, 0.25) is 5.02 Å². The predicted octanol–water partition coefficient (Wildman–Crippen LogP) is 4.11. The maximum atomic E-state index is 6.06. The molecule has 0 aliphatic heterocycles. The monoisotopic (exact) mass is 306 g/mol. The van der Waals surface area contributed by atoms with Gasteiger partial charge in [0.05, 0.1) is 6.20 Å². The number of aromatic nitrogens is 4. The molecule has 106 valence electrons. The van der Waals surface area contributed by atoms with E-state index in [4.69, 9.17) is 11.6 Å². The van der Waals surface area contributed by atoms with Crippen molar-refractivity contribution in [2.24, 2.45) is 0 Å². The molecule has 22 heavy (non-hydrogen) atoms. The van der Waals surface area contributed by atoms with Crippen LogP contribution in [0.5, 0.6) is 0 Å². The minimum atomic E-state index is 0.699. The highest BCUT2D eigenvalue weighted by molar-refractivity contribution is 6.30. The number of hydrogen-bond acceptors (Lipinski definition) is 3. The number of benzene rings is 1. The van der Waals surface area contributed by atoms with Crippen molar-refractivity contribution >= 4 is 17.2 Å². The fourth-order valence-electron chi connectivity index (χ4n) is 2.43. The van der Waals surface area contributed by atoms with Crippen molar-refractivity contribution in [2.45, 2.75) is 0 Å². The molecule has 5 heteroatoms. The van der Waals surface area contributed by atoms with Crippen LogP contribution in [-0.2, 0) is 0 Å². The quantitative estimate of drug-likeness (QED) is 0.559. The lowest BCUT2D eigenvalue weighted by Crippen LogP contribution is -1.92. The Morgan fingerprint density at radius 1 is 0.909 bits per heavy atom. The standard InChI is InChI=1S/C17H11ClN4/c18-15-3-1-2-13(8-15)16-10-21-22-11-14(9-20-17(16)22)12-4-6-19-7-5-12/h1-11H. The van der Waals surface area contributed by atoms with Gasteiger partial charge in [-0.15, -0.1) is 0 Å². The van der Waals surface area contributed by atoms with Crippen LogP contribution in [-0.4, -0.2) is 19.6 Å². The molecule has 0 amide bonds. The van der Waals surface area contributed by atoms with Crippen LogP contribution in [0.4, 0.5) is 0 Å². The largest absolute Gasteiger partial charge is 0.265 e. The molecule has 0 fully saturated rings. The highest BCUT2D eigenvalue weighted by atomic mass is 35.5.